The lowest BCUT2D eigenvalue weighted by atomic mass is 10.1. The zero-order valence-corrected chi connectivity index (χ0v) is 11.0. The minimum Gasteiger partial charge on any atom is -0.341 e. The van der Waals surface area contributed by atoms with Crippen LogP contribution in [-0.2, 0) is 17.8 Å². The van der Waals surface area contributed by atoms with Crippen LogP contribution in [0.15, 0.2) is 60.7 Å². The minimum atomic E-state index is 0.694. The summed E-state index contributed by atoms with van der Waals surface area (Å²) in [5.74, 6) is 0. The van der Waals surface area contributed by atoms with E-state index in [0.717, 1.165) is 25.8 Å². The summed E-state index contributed by atoms with van der Waals surface area (Å²) in [5.41, 5.74) is 2.50. The predicted octanol–water partition coefficient (Wildman–Crippen LogP) is 3.28. The molecule has 2 rings (SSSR count). The maximum absolute atomic E-state index is 11.1. The number of hydrogen-bond acceptors (Lipinski definition) is 1. The van der Waals surface area contributed by atoms with Gasteiger partial charge in [0.2, 0.25) is 6.41 Å². The highest BCUT2D eigenvalue weighted by Crippen LogP contribution is 2.06. The van der Waals surface area contributed by atoms with Gasteiger partial charge in [0, 0.05) is 13.1 Å². The van der Waals surface area contributed by atoms with Crippen LogP contribution in [0.4, 0.5) is 0 Å². The summed E-state index contributed by atoms with van der Waals surface area (Å²) in [4.78, 5) is 12.9. The fourth-order valence-corrected chi connectivity index (χ4v) is 2.12. The van der Waals surface area contributed by atoms with Gasteiger partial charge in [0.25, 0.3) is 0 Å². The Morgan fingerprint density at radius 3 is 2.00 bits per heavy atom. The number of benzene rings is 2. The van der Waals surface area contributed by atoms with Crippen LogP contribution in [0.3, 0.4) is 0 Å². The highest BCUT2D eigenvalue weighted by molar-refractivity contribution is 5.47. The third kappa shape index (κ3) is 4.59. The molecule has 2 nitrogen and oxygen atoms in total. The van der Waals surface area contributed by atoms with Gasteiger partial charge in [-0.05, 0) is 24.0 Å². The van der Waals surface area contributed by atoms with E-state index >= 15 is 0 Å². The second-order valence-electron chi connectivity index (χ2n) is 4.65. The molecule has 2 aromatic rings. The van der Waals surface area contributed by atoms with Crippen molar-refractivity contribution in [3.63, 3.8) is 0 Å². The van der Waals surface area contributed by atoms with Crippen LogP contribution in [0.5, 0.6) is 0 Å². The fraction of sp³-hybridized carbons (Fsp3) is 0.235. The standard InChI is InChI=1S/C17H19NO/c19-15-18(14-17-10-5-2-6-11-17)13-7-12-16-8-3-1-4-9-16/h1-6,8-11,15H,7,12-14H2. The van der Waals surface area contributed by atoms with E-state index in [4.69, 9.17) is 0 Å². The van der Waals surface area contributed by atoms with Gasteiger partial charge in [0.15, 0.2) is 0 Å². The maximum atomic E-state index is 11.1. The summed E-state index contributed by atoms with van der Waals surface area (Å²) in [6, 6.07) is 20.5. The van der Waals surface area contributed by atoms with Crippen LogP contribution < -0.4 is 0 Å². The van der Waals surface area contributed by atoms with Gasteiger partial charge in [0.05, 0.1) is 0 Å². The van der Waals surface area contributed by atoms with Gasteiger partial charge in [-0.3, -0.25) is 4.79 Å². The molecular formula is C17H19NO. The molecule has 2 heteroatoms. The van der Waals surface area contributed by atoms with Crippen molar-refractivity contribution < 1.29 is 4.79 Å². The van der Waals surface area contributed by atoms with Gasteiger partial charge in [0.1, 0.15) is 0 Å². The van der Waals surface area contributed by atoms with Crippen molar-refractivity contribution in [2.24, 2.45) is 0 Å². The quantitative estimate of drug-likeness (QED) is 0.693. The molecular weight excluding hydrogens is 234 g/mol. The van der Waals surface area contributed by atoms with Crippen molar-refractivity contribution in [1.29, 1.82) is 0 Å². The van der Waals surface area contributed by atoms with Gasteiger partial charge < -0.3 is 4.90 Å². The van der Waals surface area contributed by atoms with Crippen LogP contribution in [-0.4, -0.2) is 17.9 Å². The molecule has 19 heavy (non-hydrogen) atoms. The van der Waals surface area contributed by atoms with E-state index in [1.807, 2.05) is 41.3 Å². The summed E-state index contributed by atoms with van der Waals surface area (Å²) in [7, 11) is 0. The molecule has 0 spiro atoms. The van der Waals surface area contributed by atoms with Crippen molar-refractivity contribution in [3.05, 3.63) is 71.8 Å². The van der Waals surface area contributed by atoms with E-state index in [-0.39, 0.29) is 0 Å². The third-order valence-electron chi connectivity index (χ3n) is 3.13. The molecule has 0 aliphatic carbocycles. The Morgan fingerprint density at radius 1 is 0.842 bits per heavy atom. The second-order valence-corrected chi connectivity index (χ2v) is 4.65. The Labute approximate surface area is 114 Å². The summed E-state index contributed by atoms with van der Waals surface area (Å²) in [6.07, 6.45) is 2.95. The molecule has 0 heterocycles. The average molecular weight is 253 g/mol. The number of rotatable bonds is 7. The molecule has 0 saturated carbocycles. The van der Waals surface area contributed by atoms with Crippen molar-refractivity contribution in [1.82, 2.24) is 4.90 Å². The third-order valence-corrected chi connectivity index (χ3v) is 3.13. The fourth-order valence-electron chi connectivity index (χ4n) is 2.12. The Hall–Kier alpha value is -2.09. The smallest absolute Gasteiger partial charge is 0.210 e. The highest BCUT2D eigenvalue weighted by atomic mass is 16.1. The Kier molecular flexibility index (Phi) is 5.17. The molecule has 0 aromatic heterocycles. The molecule has 0 atom stereocenters. The summed E-state index contributed by atoms with van der Waals surface area (Å²) >= 11 is 0. The van der Waals surface area contributed by atoms with E-state index in [1.54, 1.807) is 0 Å². The highest BCUT2D eigenvalue weighted by Gasteiger charge is 2.02. The van der Waals surface area contributed by atoms with E-state index in [2.05, 4.69) is 24.3 Å². The molecule has 0 bridgehead atoms. The van der Waals surface area contributed by atoms with Gasteiger partial charge in [-0.15, -0.1) is 0 Å². The average Bonchev–Trinajstić information content (AvgIpc) is 2.48. The van der Waals surface area contributed by atoms with Gasteiger partial charge in [-0.25, -0.2) is 0 Å². The van der Waals surface area contributed by atoms with Crippen molar-refractivity contribution >= 4 is 6.41 Å². The normalized spacial score (nSPS) is 10.1. The van der Waals surface area contributed by atoms with Crippen LogP contribution in [0.25, 0.3) is 0 Å². The van der Waals surface area contributed by atoms with Crippen molar-refractivity contribution in [3.8, 4) is 0 Å². The number of carbonyl (C=O) groups is 1. The molecule has 0 N–H and O–H groups in total. The maximum Gasteiger partial charge on any atom is 0.210 e. The van der Waals surface area contributed by atoms with Crippen LogP contribution in [0.2, 0.25) is 0 Å². The number of aryl methyl sites for hydroxylation is 1. The lowest BCUT2D eigenvalue weighted by Gasteiger charge is -2.17. The molecule has 0 unspecified atom stereocenters. The van der Waals surface area contributed by atoms with Crippen molar-refractivity contribution in [2.75, 3.05) is 6.54 Å². The van der Waals surface area contributed by atoms with E-state index < -0.39 is 0 Å². The second kappa shape index (κ2) is 7.37. The van der Waals surface area contributed by atoms with E-state index in [9.17, 15) is 4.79 Å². The van der Waals surface area contributed by atoms with Gasteiger partial charge in [-0.2, -0.15) is 0 Å². The molecule has 0 aliphatic rings. The molecule has 1 amide bonds. The zero-order chi connectivity index (χ0) is 13.3. The largest absolute Gasteiger partial charge is 0.341 e. The molecule has 98 valence electrons. The number of carbonyl (C=O) groups excluding carboxylic acids is 1. The lowest BCUT2D eigenvalue weighted by Crippen LogP contribution is -2.22. The van der Waals surface area contributed by atoms with Gasteiger partial charge >= 0.3 is 0 Å². The number of amides is 1. The van der Waals surface area contributed by atoms with Crippen molar-refractivity contribution in [2.45, 2.75) is 19.4 Å². The Bertz CT molecular complexity index is 481. The molecule has 0 radical (unpaired) electrons. The Balaban J connectivity index is 1.78. The lowest BCUT2D eigenvalue weighted by molar-refractivity contribution is -0.118. The summed E-state index contributed by atoms with van der Waals surface area (Å²) in [5, 5.41) is 0. The first-order valence-corrected chi connectivity index (χ1v) is 6.65. The minimum absolute atomic E-state index is 0.694. The summed E-state index contributed by atoms with van der Waals surface area (Å²) < 4.78 is 0. The number of nitrogens with zero attached hydrogens (tertiary/aromatic N) is 1. The number of hydrogen-bond donors (Lipinski definition) is 0. The SMILES string of the molecule is O=CN(CCCc1ccccc1)Cc1ccccc1. The Morgan fingerprint density at radius 2 is 1.42 bits per heavy atom. The monoisotopic (exact) mass is 253 g/mol. The van der Waals surface area contributed by atoms with Gasteiger partial charge in [-0.1, -0.05) is 60.7 Å². The van der Waals surface area contributed by atoms with Crippen LogP contribution in [0, 0.1) is 0 Å². The van der Waals surface area contributed by atoms with Crippen LogP contribution in [0.1, 0.15) is 17.5 Å². The first-order chi connectivity index (χ1) is 9.38. The molecule has 0 saturated heterocycles. The first kappa shape index (κ1) is 13.3. The van der Waals surface area contributed by atoms with E-state index in [0.29, 0.717) is 6.54 Å². The summed E-state index contributed by atoms with van der Waals surface area (Å²) in [6.45, 7) is 1.49. The molecule has 2 aromatic carbocycles. The van der Waals surface area contributed by atoms with E-state index in [1.165, 1.54) is 11.1 Å². The molecule has 0 aliphatic heterocycles. The van der Waals surface area contributed by atoms with Crippen LogP contribution >= 0.6 is 0 Å². The first-order valence-electron chi connectivity index (χ1n) is 6.65. The zero-order valence-electron chi connectivity index (χ0n) is 11.0. The predicted molar refractivity (Wildman–Crippen MR) is 77.7 cm³/mol. The topological polar surface area (TPSA) is 20.3 Å². The molecule has 0 fully saturated rings.